The van der Waals surface area contributed by atoms with Gasteiger partial charge in [-0.2, -0.15) is 0 Å². The van der Waals surface area contributed by atoms with Crippen LogP contribution < -0.4 is 10.6 Å². The number of carbonyl (C=O) groups is 3. The van der Waals surface area contributed by atoms with E-state index < -0.39 is 12.1 Å². The van der Waals surface area contributed by atoms with Crippen molar-refractivity contribution < 1.29 is 14.4 Å². The molecule has 2 fully saturated rings. The number of hydrogen-bond donors (Lipinski definition) is 2. The van der Waals surface area contributed by atoms with E-state index in [1.807, 2.05) is 0 Å². The number of nitrogens with one attached hydrogen (secondary N) is 2. The predicted molar refractivity (Wildman–Crippen MR) is 85.4 cm³/mol. The molecule has 2 aliphatic rings. The average molecular weight is 356 g/mol. The van der Waals surface area contributed by atoms with E-state index in [0.717, 1.165) is 0 Å². The highest BCUT2D eigenvalue weighted by molar-refractivity contribution is 6.42. The van der Waals surface area contributed by atoms with Gasteiger partial charge in [-0.05, 0) is 31.5 Å². The minimum atomic E-state index is -0.525. The minimum Gasteiger partial charge on any atom is -0.347 e. The molecule has 0 spiro atoms. The van der Waals surface area contributed by atoms with Crippen molar-refractivity contribution in [3.8, 4) is 0 Å². The molecule has 8 heteroatoms. The molecular formula is C15H15Cl2N3O3. The summed E-state index contributed by atoms with van der Waals surface area (Å²) in [5, 5.41) is 6.15. The standard InChI is InChI=1S/C15H15Cl2N3O3/c1-7-15(23)20-6-9(5-12(20)14(22)18-7)19-13(21)8-2-3-10(16)11(17)4-8/h2-4,7,9,12H,5-6H2,1H3,(H,18,22)(H,19,21)/t7-,9+,12+/m1/s1. The van der Waals surface area contributed by atoms with Crippen LogP contribution in [0.5, 0.6) is 0 Å². The molecule has 3 rings (SSSR count). The second-order valence-electron chi connectivity index (χ2n) is 5.77. The number of piperazine rings is 1. The molecule has 1 aromatic rings. The molecule has 1 aromatic carbocycles. The monoisotopic (exact) mass is 355 g/mol. The topological polar surface area (TPSA) is 78.5 Å². The molecule has 2 aliphatic heterocycles. The lowest BCUT2D eigenvalue weighted by atomic mass is 10.1. The molecule has 3 amide bonds. The number of halogens is 2. The Morgan fingerprint density at radius 2 is 2.04 bits per heavy atom. The molecule has 2 heterocycles. The molecule has 0 bridgehead atoms. The van der Waals surface area contributed by atoms with Gasteiger partial charge in [0.25, 0.3) is 5.91 Å². The van der Waals surface area contributed by atoms with E-state index in [4.69, 9.17) is 23.2 Å². The van der Waals surface area contributed by atoms with Crippen LogP contribution in [0.15, 0.2) is 18.2 Å². The highest BCUT2D eigenvalue weighted by Crippen LogP contribution is 2.24. The predicted octanol–water partition coefficient (Wildman–Crippen LogP) is 1.21. The van der Waals surface area contributed by atoms with Crippen molar-refractivity contribution >= 4 is 40.9 Å². The van der Waals surface area contributed by atoms with Crippen LogP contribution in [-0.2, 0) is 9.59 Å². The van der Waals surface area contributed by atoms with Gasteiger partial charge in [0.15, 0.2) is 0 Å². The number of benzene rings is 1. The number of rotatable bonds is 2. The van der Waals surface area contributed by atoms with Gasteiger partial charge in [0.2, 0.25) is 11.8 Å². The van der Waals surface area contributed by atoms with Crippen LogP contribution in [0, 0.1) is 0 Å². The fraction of sp³-hybridized carbons (Fsp3) is 0.400. The maximum absolute atomic E-state index is 12.3. The lowest BCUT2D eigenvalue weighted by Gasteiger charge is -2.32. The second kappa shape index (κ2) is 6.02. The van der Waals surface area contributed by atoms with E-state index in [1.54, 1.807) is 19.1 Å². The van der Waals surface area contributed by atoms with Gasteiger partial charge in [0.1, 0.15) is 12.1 Å². The van der Waals surface area contributed by atoms with Crippen LogP contribution in [0.3, 0.4) is 0 Å². The van der Waals surface area contributed by atoms with Crippen molar-refractivity contribution in [3.63, 3.8) is 0 Å². The maximum Gasteiger partial charge on any atom is 0.251 e. The summed E-state index contributed by atoms with van der Waals surface area (Å²) < 4.78 is 0. The van der Waals surface area contributed by atoms with Gasteiger partial charge in [-0.15, -0.1) is 0 Å². The number of fused-ring (bicyclic) bond motifs is 1. The Bertz CT molecular complexity index is 695. The zero-order valence-corrected chi connectivity index (χ0v) is 13.8. The van der Waals surface area contributed by atoms with Crippen molar-refractivity contribution in [1.29, 1.82) is 0 Å². The lowest BCUT2D eigenvalue weighted by molar-refractivity contribution is -0.146. The largest absolute Gasteiger partial charge is 0.347 e. The third-order valence-electron chi connectivity index (χ3n) is 4.13. The van der Waals surface area contributed by atoms with Crippen LogP contribution in [0.25, 0.3) is 0 Å². The van der Waals surface area contributed by atoms with Crippen molar-refractivity contribution in [2.24, 2.45) is 0 Å². The van der Waals surface area contributed by atoms with Crippen LogP contribution in [0.2, 0.25) is 10.0 Å². The minimum absolute atomic E-state index is 0.124. The highest BCUT2D eigenvalue weighted by atomic mass is 35.5. The Balaban J connectivity index is 1.70. The van der Waals surface area contributed by atoms with Crippen LogP contribution in [-0.4, -0.2) is 47.3 Å². The molecule has 2 N–H and O–H groups in total. The number of hydrogen-bond acceptors (Lipinski definition) is 3. The van der Waals surface area contributed by atoms with Crippen molar-refractivity contribution in [3.05, 3.63) is 33.8 Å². The summed E-state index contributed by atoms with van der Waals surface area (Å²) in [5.41, 5.74) is 0.383. The zero-order chi connectivity index (χ0) is 16.7. The number of carbonyl (C=O) groups excluding carboxylic acids is 3. The normalized spacial score (nSPS) is 26.7. The smallest absolute Gasteiger partial charge is 0.251 e. The molecular weight excluding hydrogens is 341 g/mol. The number of nitrogens with zero attached hydrogens (tertiary/aromatic N) is 1. The molecule has 0 unspecified atom stereocenters. The Kier molecular flexibility index (Phi) is 4.21. The van der Waals surface area contributed by atoms with Gasteiger partial charge in [-0.25, -0.2) is 0 Å². The zero-order valence-electron chi connectivity index (χ0n) is 12.3. The Morgan fingerprint density at radius 1 is 1.30 bits per heavy atom. The van der Waals surface area contributed by atoms with E-state index in [1.165, 1.54) is 11.0 Å². The molecule has 122 valence electrons. The third kappa shape index (κ3) is 3.01. The molecule has 0 radical (unpaired) electrons. The molecule has 0 aliphatic carbocycles. The van der Waals surface area contributed by atoms with Gasteiger partial charge >= 0.3 is 0 Å². The first-order chi connectivity index (χ1) is 10.9. The second-order valence-corrected chi connectivity index (χ2v) is 6.59. The summed E-state index contributed by atoms with van der Waals surface area (Å²) in [6.45, 7) is 1.98. The summed E-state index contributed by atoms with van der Waals surface area (Å²) in [6.07, 6.45) is 0.400. The summed E-state index contributed by atoms with van der Waals surface area (Å²) >= 11 is 11.7. The van der Waals surface area contributed by atoms with Crippen molar-refractivity contribution in [1.82, 2.24) is 15.5 Å². The summed E-state index contributed by atoms with van der Waals surface area (Å²) in [6, 6.07) is 3.30. The lowest BCUT2D eigenvalue weighted by Crippen LogP contribution is -2.60. The Morgan fingerprint density at radius 3 is 2.74 bits per heavy atom. The molecule has 6 nitrogen and oxygen atoms in total. The first-order valence-corrected chi connectivity index (χ1v) is 7.99. The van der Waals surface area contributed by atoms with Crippen LogP contribution in [0.4, 0.5) is 0 Å². The quantitative estimate of drug-likeness (QED) is 0.836. The van der Waals surface area contributed by atoms with Gasteiger partial charge < -0.3 is 15.5 Å². The molecule has 3 atom stereocenters. The fourth-order valence-electron chi connectivity index (χ4n) is 2.96. The molecule has 0 aromatic heterocycles. The Labute approximate surface area is 143 Å². The molecule has 23 heavy (non-hydrogen) atoms. The Hall–Kier alpha value is -1.79. The summed E-state index contributed by atoms with van der Waals surface area (Å²) in [4.78, 5) is 37.9. The first-order valence-electron chi connectivity index (χ1n) is 7.23. The maximum atomic E-state index is 12.3. The van der Waals surface area contributed by atoms with Gasteiger partial charge in [0, 0.05) is 18.2 Å². The number of amides is 3. The summed E-state index contributed by atoms with van der Waals surface area (Å²) in [7, 11) is 0. The first kappa shape index (κ1) is 16.1. The molecule has 2 saturated heterocycles. The van der Waals surface area contributed by atoms with E-state index >= 15 is 0 Å². The van der Waals surface area contributed by atoms with Crippen molar-refractivity contribution in [2.75, 3.05) is 6.54 Å². The van der Waals surface area contributed by atoms with Gasteiger partial charge in [0.05, 0.1) is 10.0 Å². The van der Waals surface area contributed by atoms with E-state index in [9.17, 15) is 14.4 Å². The van der Waals surface area contributed by atoms with Gasteiger partial charge in [-0.3, -0.25) is 14.4 Å². The van der Waals surface area contributed by atoms with E-state index in [0.29, 0.717) is 28.6 Å². The van der Waals surface area contributed by atoms with E-state index in [-0.39, 0.29) is 23.8 Å². The summed E-state index contributed by atoms with van der Waals surface area (Å²) in [5.74, 6) is -0.612. The molecule has 0 saturated carbocycles. The average Bonchev–Trinajstić information content (AvgIpc) is 2.92. The van der Waals surface area contributed by atoms with Crippen molar-refractivity contribution in [2.45, 2.75) is 31.5 Å². The van der Waals surface area contributed by atoms with Crippen LogP contribution in [0.1, 0.15) is 23.7 Å². The SMILES string of the molecule is C[C@H]1NC(=O)[C@@H]2C[C@H](NC(=O)c3ccc(Cl)c(Cl)c3)CN2C1=O. The van der Waals surface area contributed by atoms with E-state index in [2.05, 4.69) is 10.6 Å². The van der Waals surface area contributed by atoms with Gasteiger partial charge in [-0.1, -0.05) is 23.2 Å². The highest BCUT2D eigenvalue weighted by Gasteiger charge is 2.45. The third-order valence-corrected chi connectivity index (χ3v) is 4.87. The van der Waals surface area contributed by atoms with Crippen LogP contribution >= 0.6 is 23.2 Å². The fourth-order valence-corrected chi connectivity index (χ4v) is 3.26.